The van der Waals surface area contributed by atoms with Crippen molar-refractivity contribution < 1.29 is 13.9 Å². The molecule has 0 heterocycles. The highest BCUT2D eigenvalue weighted by atomic mass is 19.1. The number of esters is 1. The van der Waals surface area contributed by atoms with E-state index in [0.29, 0.717) is 0 Å². The molecule has 1 aromatic rings. The van der Waals surface area contributed by atoms with Crippen LogP contribution in [-0.2, 0) is 4.74 Å². The Hall–Kier alpha value is -1.82. The van der Waals surface area contributed by atoms with E-state index in [0.717, 1.165) is 0 Å². The molecule has 0 spiro atoms. The molecule has 0 aliphatic rings. The topological polar surface area (TPSA) is 26.3 Å². The van der Waals surface area contributed by atoms with Gasteiger partial charge in [-0.15, -0.1) is 5.92 Å². The van der Waals surface area contributed by atoms with Gasteiger partial charge in [0.05, 0.1) is 5.56 Å². The highest BCUT2D eigenvalue weighted by Gasteiger charge is 2.10. The molecule has 0 atom stereocenters. The molecular formula is C11H9FO2. The second-order valence-corrected chi connectivity index (χ2v) is 2.48. The fourth-order valence-electron chi connectivity index (χ4n) is 0.878. The number of carbonyl (C=O) groups excluding carboxylic acids is 1. The molecule has 0 bridgehead atoms. The van der Waals surface area contributed by atoms with Crippen LogP contribution in [0.5, 0.6) is 0 Å². The van der Waals surface area contributed by atoms with E-state index < -0.39 is 11.8 Å². The van der Waals surface area contributed by atoms with Gasteiger partial charge in [-0.05, 0) is 19.1 Å². The molecule has 1 rings (SSSR count). The van der Waals surface area contributed by atoms with Crippen molar-refractivity contribution in [1.82, 2.24) is 0 Å². The van der Waals surface area contributed by atoms with Gasteiger partial charge in [0.1, 0.15) is 5.82 Å². The molecule has 0 aliphatic heterocycles. The van der Waals surface area contributed by atoms with Crippen LogP contribution in [-0.4, -0.2) is 12.6 Å². The summed E-state index contributed by atoms with van der Waals surface area (Å²) in [6.45, 7) is 1.63. The van der Waals surface area contributed by atoms with E-state index in [9.17, 15) is 9.18 Å². The number of halogens is 1. The van der Waals surface area contributed by atoms with Crippen molar-refractivity contribution in [2.75, 3.05) is 6.61 Å². The Morgan fingerprint density at radius 1 is 1.50 bits per heavy atom. The molecule has 0 saturated carbocycles. The van der Waals surface area contributed by atoms with E-state index in [1.54, 1.807) is 13.0 Å². The fourth-order valence-corrected chi connectivity index (χ4v) is 0.878. The van der Waals surface area contributed by atoms with E-state index in [-0.39, 0.29) is 12.2 Å². The predicted octanol–water partition coefficient (Wildman–Crippen LogP) is 2.01. The van der Waals surface area contributed by atoms with Crippen LogP contribution in [0.3, 0.4) is 0 Å². The highest BCUT2D eigenvalue weighted by Crippen LogP contribution is 2.07. The number of carbonyl (C=O) groups is 1. The normalized spacial score (nSPS) is 8.71. The van der Waals surface area contributed by atoms with Crippen molar-refractivity contribution in [3.8, 4) is 11.8 Å². The van der Waals surface area contributed by atoms with Crippen molar-refractivity contribution in [1.29, 1.82) is 0 Å². The lowest BCUT2D eigenvalue weighted by atomic mass is 10.2. The van der Waals surface area contributed by atoms with Gasteiger partial charge in [-0.3, -0.25) is 0 Å². The van der Waals surface area contributed by atoms with Gasteiger partial charge in [0.25, 0.3) is 0 Å². The number of rotatable bonds is 2. The van der Waals surface area contributed by atoms with Gasteiger partial charge in [0.15, 0.2) is 6.61 Å². The Balaban J connectivity index is 2.68. The zero-order valence-corrected chi connectivity index (χ0v) is 7.71. The quantitative estimate of drug-likeness (QED) is 0.529. The number of hydrogen-bond acceptors (Lipinski definition) is 2. The van der Waals surface area contributed by atoms with E-state index in [2.05, 4.69) is 11.8 Å². The van der Waals surface area contributed by atoms with Gasteiger partial charge in [-0.2, -0.15) is 0 Å². The third-order valence-corrected chi connectivity index (χ3v) is 1.55. The molecule has 0 aliphatic carbocycles. The molecule has 0 fully saturated rings. The summed E-state index contributed by atoms with van der Waals surface area (Å²) in [6.07, 6.45) is 0. The van der Waals surface area contributed by atoms with Crippen LogP contribution in [0.2, 0.25) is 0 Å². The van der Waals surface area contributed by atoms with Crippen LogP contribution in [0.15, 0.2) is 24.3 Å². The maximum atomic E-state index is 13.0. The molecule has 14 heavy (non-hydrogen) atoms. The Morgan fingerprint density at radius 2 is 2.21 bits per heavy atom. The number of ether oxygens (including phenoxy) is 1. The molecule has 1 aromatic carbocycles. The first-order chi connectivity index (χ1) is 6.75. The van der Waals surface area contributed by atoms with Crippen LogP contribution in [0.1, 0.15) is 17.3 Å². The van der Waals surface area contributed by atoms with E-state index in [1.807, 2.05) is 0 Å². The van der Waals surface area contributed by atoms with Crippen LogP contribution >= 0.6 is 0 Å². The largest absolute Gasteiger partial charge is 0.449 e. The molecule has 3 heteroatoms. The maximum absolute atomic E-state index is 13.0. The van der Waals surface area contributed by atoms with Gasteiger partial charge < -0.3 is 4.74 Å². The van der Waals surface area contributed by atoms with Crippen LogP contribution < -0.4 is 0 Å². The summed E-state index contributed by atoms with van der Waals surface area (Å²) in [6, 6.07) is 5.67. The average Bonchev–Trinajstić information content (AvgIpc) is 2.18. The first-order valence-electron chi connectivity index (χ1n) is 4.07. The molecule has 2 nitrogen and oxygen atoms in total. The van der Waals surface area contributed by atoms with Crippen LogP contribution in [0.25, 0.3) is 0 Å². The standard InChI is InChI=1S/C11H9FO2/c1-2-3-8-14-11(13)9-6-4-5-7-10(9)12/h4-7H,8H2,1H3. The third-order valence-electron chi connectivity index (χ3n) is 1.55. The van der Waals surface area contributed by atoms with Crippen molar-refractivity contribution in [3.63, 3.8) is 0 Å². The SMILES string of the molecule is CC#CCOC(=O)c1ccccc1F. The summed E-state index contributed by atoms with van der Waals surface area (Å²) in [5.74, 6) is 3.85. The van der Waals surface area contributed by atoms with E-state index in [1.165, 1.54) is 18.2 Å². The van der Waals surface area contributed by atoms with Gasteiger partial charge in [-0.25, -0.2) is 9.18 Å². The summed E-state index contributed by atoms with van der Waals surface area (Å²) in [4.78, 5) is 11.2. The maximum Gasteiger partial charge on any atom is 0.342 e. The second kappa shape index (κ2) is 5.03. The van der Waals surface area contributed by atoms with Gasteiger partial charge in [0.2, 0.25) is 0 Å². The molecular weight excluding hydrogens is 183 g/mol. The lowest BCUT2D eigenvalue weighted by Crippen LogP contribution is -2.07. The Morgan fingerprint density at radius 3 is 2.86 bits per heavy atom. The molecule has 72 valence electrons. The minimum atomic E-state index is -0.689. The second-order valence-electron chi connectivity index (χ2n) is 2.48. The zero-order valence-electron chi connectivity index (χ0n) is 7.71. The minimum absolute atomic E-state index is 0.0103. The third kappa shape index (κ3) is 2.60. The molecule has 0 radical (unpaired) electrons. The summed E-state index contributed by atoms with van der Waals surface area (Å²) >= 11 is 0. The summed E-state index contributed by atoms with van der Waals surface area (Å²) < 4.78 is 17.7. The Kier molecular flexibility index (Phi) is 3.69. The molecule has 0 saturated heterocycles. The van der Waals surface area contributed by atoms with E-state index in [4.69, 9.17) is 4.74 Å². The summed E-state index contributed by atoms with van der Waals surface area (Å²) in [7, 11) is 0. The van der Waals surface area contributed by atoms with Gasteiger partial charge >= 0.3 is 5.97 Å². The molecule has 0 unspecified atom stereocenters. The summed E-state index contributed by atoms with van der Waals surface area (Å²) in [5, 5.41) is 0. The highest BCUT2D eigenvalue weighted by molar-refractivity contribution is 5.89. The Labute approximate surface area is 81.7 Å². The first kappa shape index (κ1) is 10.3. The van der Waals surface area contributed by atoms with Gasteiger partial charge in [0, 0.05) is 0 Å². The molecule has 0 N–H and O–H groups in total. The fraction of sp³-hybridized carbons (Fsp3) is 0.182. The Bertz CT molecular complexity index is 388. The first-order valence-corrected chi connectivity index (χ1v) is 4.07. The van der Waals surface area contributed by atoms with Gasteiger partial charge in [-0.1, -0.05) is 18.1 Å². The number of benzene rings is 1. The average molecular weight is 192 g/mol. The smallest absolute Gasteiger partial charge is 0.342 e. The lowest BCUT2D eigenvalue weighted by Gasteiger charge is -2.01. The molecule has 0 amide bonds. The van der Waals surface area contributed by atoms with Crippen LogP contribution in [0, 0.1) is 17.7 Å². The monoisotopic (exact) mass is 192 g/mol. The van der Waals surface area contributed by atoms with Crippen molar-refractivity contribution >= 4 is 5.97 Å². The summed E-state index contributed by atoms with van der Waals surface area (Å²) in [5.41, 5.74) is -0.0644. The molecule has 0 aromatic heterocycles. The number of hydrogen-bond donors (Lipinski definition) is 0. The minimum Gasteiger partial charge on any atom is -0.449 e. The van der Waals surface area contributed by atoms with Crippen molar-refractivity contribution in [2.24, 2.45) is 0 Å². The zero-order chi connectivity index (χ0) is 10.4. The van der Waals surface area contributed by atoms with Crippen LogP contribution in [0.4, 0.5) is 4.39 Å². The van der Waals surface area contributed by atoms with Crippen molar-refractivity contribution in [3.05, 3.63) is 35.6 Å². The van der Waals surface area contributed by atoms with Crippen molar-refractivity contribution in [2.45, 2.75) is 6.92 Å². The lowest BCUT2D eigenvalue weighted by molar-refractivity contribution is 0.0551. The predicted molar refractivity (Wildman–Crippen MR) is 50.1 cm³/mol. The van der Waals surface area contributed by atoms with E-state index >= 15 is 0 Å².